The van der Waals surface area contributed by atoms with Crippen LogP contribution in [0.15, 0.2) is 30.6 Å². The maximum atomic E-state index is 6.10. The van der Waals surface area contributed by atoms with Crippen molar-refractivity contribution in [3.05, 3.63) is 47.4 Å². The third kappa shape index (κ3) is 2.33. The molecule has 0 saturated heterocycles. The number of fused-ring (bicyclic) bond motifs is 1. The summed E-state index contributed by atoms with van der Waals surface area (Å²) in [6, 6.07) is 8.27. The summed E-state index contributed by atoms with van der Waals surface area (Å²) in [6.07, 6.45) is 2.68. The predicted octanol–water partition coefficient (Wildman–Crippen LogP) is 2.74. The van der Waals surface area contributed by atoms with E-state index in [4.69, 9.17) is 5.73 Å². The Balaban J connectivity index is 1.90. The molecule has 2 aromatic rings. The van der Waals surface area contributed by atoms with Crippen molar-refractivity contribution in [3.8, 4) is 0 Å². The molecule has 104 valence electrons. The van der Waals surface area contributed by atoms with E-state index in [9.17, 15) is 0 Å². The van der Waals surface area contributed by atoms with Crippen molar-refractivity contribution in [1.82, 2.24) is 9.97 Å². The fourth-order valence-corrected chi connectivity index (χ4v) is 2.65. The first-order valence-electron chi connectivity index (χ1n) is 7.08. The summed E-state index contributed by atoms with van der Waals surface area (Å²) >= 11 is 0. The van der Waals surface area contributed by atoms with Gasteiger partial charge in [0, 0.05) is 30.5 Å². The molecule has 0 saturated carbocycles. The van der Waals surface area contributed by atoms with Crippen LogP contribution in [0.5, 0.6) is 0 Å². The maximum absolute atomic E-state index is 6.10. The van der Waals surface area contributed by atoms with E-state index in [-0.39, 0.29) is 0 Å². The highest BCUT2D eigenvalue weighted by Crippen LogP contribution is 2.27. The molecule has 20 heavy (non-hydrogen) atoms. The zero-order valence-electron chi connectivity index (χ0n) is 12.0. The van der Waals surface area contributed by atoms with Gasteiger partial charge in [-0.2, -0.15) is 0 Å². The molecule has 1 aliphatic rings. The second kappa shape index (κ2) is 5.12. The summed E-state index contributed by atoms with van der Waals surface area (Å²) < 4.78 is 0. The van der Waals surface area contributed by atoms with Gasteiger partial charge in [0.15, 0.2) is 0 Å². The van der Waals surface area contributed by atoms with Crippen LogP contribution in [0, 0.1) is 0 Å². The van der Waals surface area contributed by atoms with Gasteiger partial charge < -0.3 is 10.6 Å². The summed E-state index contributed by atoms with van der Waals surface area (Å²) in [5.41, 5.74) is 10.7. The summed E-state index contributed by atoms with van der Waals surface area (Å²) in [7, 11) is 0. The number of hydrogen-bond acceptors (Lipinski definition) is 4. The van der Waals surface area contributed by atoms with Crippen LogP contribution >= 0.6 is 0 Å². The fraction of sp³-hybridized carbons (Fsp3) is 0.375. The number of anilines is 2. The van der Waals surface area contributed by atoms with Crippen molar-refractivity contribution in [1.29, 1.82) is 0 Å². The molecule has 1 aliphatic heterocycles. The quantitative estimate of drug-likeness (QED) is 0.851. The molecule has 4 nitrogen and oxygen atoms in total. The summed E-state index contributed by atoms with van der Waals surface area (Å²) in [5, 5.41) is 0. The lowest BCUT2D eigenvalue weighted by Gasteiger charge is -2.30. The molecule has 0 aliphatic carbocycles. The predicted molar refractivity (Wildman–Crippen MR) is 81.7 cm³/mol. The van der Waals surface area contributed by atoms with Gasteiger partial charge in [0.1, 0.15) is 12.1 Å². The number of aromatic nitrogens is 2. The molecule has 0 fully saturated rings. The van der Waals surface area contributed by atoms with Gasteiger partial charge in [-0.3, -0.25) is 0 Å². The van der Waals surface area contributed by atoms with Crippen LogP contribution in [-0.2, 0) is 13.0 Å². The number of benzene rings is 1. The van der Waals surface area contributed by atoms with Gasteiger partial charge in [-0.15, -0.1) is 0 Å². The fourth-order valence-electron chi connectivity index (χ4n) is 2.65. The zero-order chi connectivity index (χ0) is 14.1. The van der Waals surface area contributed by atoms with Gasteiger partial charge in [0.25, 0.3) is 0 Å². The van der Waals surface area contributed by atoms with E-state index in [2.05, 4.69) is 40.8 Å². The highest BCUT2D eigenvalue weighted by molar-refractivity contribution is 5.55. The summed E-state index contributed by atoms with van der Waals surface area (Å²) in [4.78, 5) is 11.0. The van der Waals surface area contributed by atoms with Crippen LogP contribution in [0.3, 0.4) is 0 Å². The van der Waals surface area contributed by atoms with E-state index in [0.717, 1.165) is 36.7 Å². The number of nitrogens with zero attached hydrogens (tertiary/aromatic N) is 3. The minimum atomic E-state index is 0.416. The standard InChI is InChI=1S/C16H20N4/c1-11(2)15-8-16(19-10-18-15)20-7-6-12-4-3-5-14(17)13(12)9-20/h3-5,8,10-11H,6-7,9,17H2,1-2H3. The molecule has 3 rings (SSSR count). The van der Waals surface area contributed by atoms with Gasteiger partial charge in [0.05, 0.1) is 0 Å². The Morgan fingerprint density at radius 3 is 2.90 bits per heavy atom. The molecule has 4 heteroatoms. The van der Waals surface area contributed by atoms with Gasteiger partial charge in [-0.1, -0.05) is 26.0 Å². The number of rotatable bonds is 2. The minimum Gasteiger partial charge on any atom is -0.398 e. The topological polar surface area (TPSA) is 55.0 Å². The van der Waals surface area contributed by atoms with E-state index in [0.29, 0.717) is 5.92 Å². The smallest absolute Gasteiger partial charge is 0.132 e. The van der Waals surface area contributed by atoms with Gasteiger partial charge in [-0.05, 0) is 29.5 Å². The van der Waals surface area contributed by atoms with E-state index >= 15 is 0 Å². The van der Waals surface area contributed by atoms with Crippen LogP contribution in [0.1, 0.15) is 36.6 Å². The van der Waals surface area contributed by atoms with Crippen LogP contribution < -0.4 is 10.6 Å². The van der Waals surface area contributed by atoms with Gasteiger partial charge >= 0.3 is 0 Å². The molecule has 0 spiro atoms. The second-order valence-corrected chi connectivity index (χ2v) is 5.61. The van der Waals surface area contributed by atoms with Crippen molar-refractivity contribution >= 4 is 11.5 Å². The van der Waals surface area contributed by atoms with Crippen molar-refractivity contribution in [2.75, 3.05) is 17.2 Å². The molecule has 0 bridgehead atoms. The molecule has 0 unspecified atom stereocenters. The maximum Gasteiger partial charge on any atom is 0.132 e. The lowest BCUT2D eigenvalue weighted by Crippen LogP contribution is -2.31. The number of hydrogen-bond donors (Lipinski definition) is 1. The molecule has 2 N–H and O–H groups in total. The first-order chi connectivity index (χ1) is 9.65. The third-order valence-electron chi connectivity index (χ3n) is 3.90. The molecular weight excluding hydrogens is 248 g/mol. The summed E-state index contributed by atoms with van der Waals surface area (Å²) in [5.74, 6) is 1.41. The average molecular weight is 268 g/mol. The molecule has 1 aromatic carbocycles. The van der Waals surface area contributed by atoms with Crippen LogP contribution in [0.2, 0.25) is 0 Å². The SMILES string of the molecule is CC(C)c1cc(N2CCc3cccc(N)c3C2)ncn1. The third-order valence-corrected chi connectivity index (χ3v) is 3.90. The van der Waals surface area contributed by atoms with Crippen molar-refractivity contribution in [2.24, 2.45) is 0 Å². The molecule has 0 amide bonds. The van der Waals surface area contributed by atoms with Gasteiger partial charge in [-0.25, -0.2) is 9.97 Å². The van der Waals surface area contributed by atoms with E-state index in [1.165, 1.54) is 11.1 Å². The first-order valence-corrected chi connectivity index (χ1v) is 7.08. The number of nitrogen functional groups attached to an aromatic ring is 1. The van der Waals surface area contributed by atoms with Crippen LogP contribution in [-0.4, -0.2) is 16.5 Å². The number of nitrogens with two attached hydrogens (primary N) is 1. The Bertz CT molecular complexity index is 622. The Kier molecular flexibility index (Phi) is 3.30. The van der Waals surface area contributed by atoms with Crippen LogP contribution in [0.25, 0.3) is 0 Å². The molecule has 0 radical (unpaired) electrons. The molecular formula is C16H20N4. The van der Waals surface area contributed by atoms with E-state index in [1.54, 1.807) is 6.33 Å². The average Bonchev–Trinajstić information content (AvgIpc) is 2.47. The molecule has 2 heterocycles. The summed E-state index contributed by atoms with van der Waals surface area (Å²) in [6.45, 7) is 6.10. The lowest BCUT2D eigenvalue weighted by molar-refractivity contribution is 0.715. The highest BCUT2D eigenvalue weighted by atomic mass is 15.2. The zero-order valence-corrected chi connectivity index (χ0v) is 12.0. The van der Waals surface area contributed by atoms with Crippen LogP contribution in [0.4, 0.5) is 11.5 Å². The monoisotopic (exact) mass is 268 g/mol. The van der Waals surface area contributed by atoms with Gasteiger partial charge in [0.2, 0.25) is 0 Å². The van der Waals surface area contributed by atoms with Crippen molar-refractivity contribution < 1.29 is 0 Å². The van der Waals surface area contributed by atoms with Crippen molar-refractivity contribution in [3.63, 3.8) is 0 Å². The van der Waals surface area contributed by atoms with Crippen molar-refractivity contribution in [2.45, 2.75) is 32.7 Å². The second-order valence-electron chi connectivity index (χ2n) is 5.61. The van der Waals surface area contributed by atoms with E-state index in [1.807, 2.05) is 12.1 Å². The Morgan fingerprint density at radius 1 is 1.25 bits per heavy atom. The Hall–Kier alpha value is -2.10. The molecule has 0 atom stereocenters. The Labute approximate surface area is 119 Å². The minimum absolute atomic E-state index is 0.416. The Morgan fingerprint density at radius 2 is 2.10 bits per heavy atom. The molecule has 1 aromatic heterocycles. The van der Waals surface area contributed by atoms with E-state index < -0.39 is 0 Å². The lowest BCUT2D eigenvalue weighted by atomic mass is 9.98. The first kappa shape index (κ1) is 12.9. The normalized spacial score (nSPS) is 14.4. The highest BCUT2D eigenvalue weighted by Gasteiger charge is 2.19. The largest absolute Gasteiger partial charge is 0.398 e.